The molecular formula is C14H21FN2O. The second-order valence-corrected chi connectivity index (χ2v) is 5.32. The van der Waals surface area contributed by atoms with Crippen LogP contribution in [0.2, 0.25) is 0 Å². The maximum atomic E-state index is 13.4. The average Bonchev–Trinajstić information content (AvgIpc) is 2.30. The normalized spacial score (nSPS) is 24.2. The van der Waals surface area contributed by atoms with Crippen LogP contribution in [-0.4, -0.2) is 54.7 Å². The number of aliphatic hydroxyl groups excluding tert-OH is 1. The van der Waals surface area contributed by atoms with E-state index in [1.165, 1.54) is 12.1 Å². The Bertz CT molecular complexity index is 404. The van der Waals surface area contributed by atoms with Crippen molar-refractivity contribution in [1.82, 2.24) is 9.80 Å². The average molecular weight is 252 g/mol. The van der Waals surface area contributed by atoms with Gasteiger partial charge in [-0.25, -0.2) is 4.39 Å². The fourth-order valence-electron chi connectivity index (χ4n) is 2.54. The van der Waals surface area contributed by atoms with Crippen molar-refractivity contribution in [3.05, 3.63) is 35.1 Å². The van der Waals surface area contributed by atoms with E-state index in [-0.39, 0.29) is 11.9 Å². The number of hydrogen-bond acceptors (Lipinski definition) is 3. The Morgan fingerprint density at radius 1 is 1.28 bits per heavy atom. The van der Waals surface area contributed by atoms with Gasteiger partial charge in [0.05, 0.1) is 12.1 Å². The van der Waals surface area contributed by atoms with Gasteiger partial charge in [0, 0.05) is 19.6 Å². The molecule has 3 nitrogen and oxygen atoms in total. The number of rotatable bonds is 2. The van der Waals surface area contributed by atoms with Crippen molar-refractivity contribution in [2.45, 2.75) is 19.1 Å². The fourth-order valence-corrected chi connectivity index (χ4v) is 2.54. The molecule has 0 radical (unpaired) electrons. The molecule has 0 aromatic heterocycles. The number of hydrogen-bond donors (Lipinski definition) is 1. The lowest BCUT2D eigenvalue weighted by atomic mass is 9.97. The van der Waals surface area contributed by atoms with Gasteiger partial charge in [0.25, 0.3) is 0 Å². The number of aliphatic hydroxyl groups is 1. The highest BCUT2D eigenvalue weighted by molar-refractivity contribution is 5.26. The summed E-state index contributed by atoms with van der Waals surface area (Å²) in [5, 5.41) is 10.4. The van der Waals surface area contributed by atoms with Crippen LogP contribution in [0.5, 0.6) is 0 Å². The highest BCUT2D eigenvalue weighted by Crippen LogP contribution is 2.24. The molecule has 1 fully saturated rings. The van der Waals surface area contributed by atoms with E-state index in [1.807, 2.05) is 27.1 Å². The number of likely N-dealkylation sites (N-methyl/N-ethyl adjacent to an activating group) is 2. The van der Waals surface area contributed by atoms with Crippen LogP contribution in [0.1, 0.15) is 17.2 Å². The summed E-state index contributed by atoms with van der Waals surface area (Å²) in [6.07, 6.45) is -0.646. The number of aryl methyl sites for hydroxylation is 1. The van der Waals surface area contributed by atoms with Gasteiger partial charge in [-0.2, -0.15) is 0 Å². The van der Waals surface area contributed by atoms with Gasteiger partial charge in [0.2, 0.25) is 0 Å². The highest BCUT2D eigenvalue weighted by atomic mass is 19.1. The number of benzene rings is 1. The van der Waals surface area contributed by atoms with Crippen molar-refractivity contribution >= 4 is 0 Å². The topological polar surface area (TPSA) is 26.7 Å². The Balaban J connectivity index is 2.21. The monoisotopic (exact) mass is 252 g/mol. The van der Waals surface area contributed by atoms with Crippen molar-refractivity contribution in [1.29, 1.82) is 0 Å². The van der Waals surface area contributed by atoms with Crippen molar-refractivity contribution in [3.63, 3.8) is 0 Å². The molecule has 0 aliphatic carbocycles. The van der Waals surface area contributed by atoms with Gasteiger partial charge in [-0.15, -0.1) is 0 Å². The SMILES string of the molecule is Cc1cc(F)cc(C(O)C2CN(C)CCN2C)c1. The molecule has 2 atom stereocenters. The molecule has 0 bridgehead atoms. The molecular weight excluding hydrogens is 231 g/mol. The Hall–Kier alpha value is -0.970. The summed E-state index contributed by atoms with van der Waals surface area (Å²) in [5.74, 6) is -0.282. The predicted molar refractivity (Wildman–Crippen MR) is 70.0 cm³/mol. The Labute approximate surface area is 108 Å². The molecule has 1 aliphatic rings. The van der Waals surface area contributed by atoms with E-state index in [0.29, 0.717) is 5.56 Å². The third kappa shape index (κ3) is 2.88. The zero-order valence-electron chi connectivity index (χ0n) is 11.2. The molecule has 1 aromatic carbocycles. The molecule has 1 aromatic rings. The maximum absolute atomic E-state index is 13.4. The molecule has 100 valence electrons. The van der Waals surface area contributed by atoms with Gasteiger partial charge in [-0.3, -0.25) is 4.90 Å². The summed E-state index contributed by atoms with van der Waals surface area (Å²) in [6, 6.07) is 4.79. The summed E-state index contributed by atoms with van der Waals surface area (Å²) < 4.78 is 13.4. The van der Waals surface area contributed by atoms with Crippen LogP contribution in [0.25, 0.3) is 0 Å². The van der Waals surface area contributed by atoms with Crippen molar-refractivity contribution in [3.8, 4) is 0 Å². The van der Waals surface area contributed by atoms with Crippen molar-refractivity contribution in [2.24, 2.45) is 0 Å². The van der Waals surface area contributed by atoms with E-state index in [4.69, 9.17) is 0 Å². The van der Waals surface area contributed by atoms with E-state index in [9.17, 15) is 9.50 Å². The third-order valence-electron chi connectivity index (χ3n) is 3.67. The largest absolute Gasteiger partial charge is 0.387 e. The minimum atomic E-state index is -0.646. The molecule has 18 heavy (non-hydrogen) atoms. The summed E-state index contributed by atoms with van der Waals surface area (Å²) in [4.78, 5) is 4.34. The van der Waals surface area contributed by atoms with Crippen LogP contribution >= 0.6 is 0 Å². The molecule has 2 rings (SSSR count). The van der Waals surface area contributed by atoms with Gasteiger partial charge in [-0.1, -0.05) is 6.07 Å². The molecule has 4 heteroatoms. The first-order valence-corrected chi connectivity index (χ1v) is 6.31. The zero-order chi connectivity index (χ0) is 13.3. The Kier molecular flexibility index (Phi) is 4.00. The highest BCUT2D eigenvalue weighted by Gasteiger charge is 2.29. The lowest BCUT2D eigenvalue weighted by Gasteiger charge is -2.40. The lowest BCUT2D eigenvalue weighted by Crippen LogP contribution is -2.52. The molecule has 0 amide bonds. The maximum Gasteiger partial charge on any atom is 0.123 e. The molecule has 1 aliphatic heterocycles. The lowest BCUT2D eigenvalue weighted by molar-refractivity contribution is 0.0137. The molecule has 2 unspecified atom stereocenters. The van der Waals surface area contributed by atoms with Gasteiger partial charge < -0.3 is 10.0 Å². The predicted octanol–water partition coefficient (Wildman–Crippen LogP) is 1.41. The minimum absolute atomic E-state index is 0.0185. The fraction of sp³-hybridized carbons (Fsp3) is 0.571. The Morgan fingerprint density at radius 3 is 2.67 bits per heavy atom. The van der Waals surface area contributed by atoms with Crippen LogP contribution in [0.15, 0.2) is 18.2 Å². The first-order chi connectivity index (χ1) is 8.47. The van der Waals surface area contributed by atoms with Crippen LogP contribution in [-0.2, 0) is 0 Å². The van der Waals surface area contributed by atoms with Gasteiger partial charge in [0.15, 0.2) is 0 Å². The van der Waals surface area contributed by atoms with Crippen LogP contribution < -0.4 is 0 Å². The van der Waals surface area contributed by atoms with E-state index in [2.05, 4.69) is 9.80 Å². The summed E-state index contributed by atoms with van der Waals surface area (Å²) in [6.45, 7) is 4.57. The second-order valence-electron chi connectivity index (χ2n) is 5.32. The molecule has 1 saturated heterocycles. The minimum Gasteiger partial charge on any atom is -0.387 e. The van der Waals surface area contributed by atoms with E-state index in [0.717, 1.165) is 25.2 Å². The molecule has 0 saturated carbocycles. The van der Waals surface area contributed by atoms with Crippen molar-refractivity contribution < 1.29 is 9.50 Å². The molecule has 1 N–H and O–H groups in total. The van der Waals surface area contributed by atoms with E-state index in [1.54, 1.807) is 0 Å². The number of nitrogens with zero attached hydrogens (tertiary/aromatic N) is 2. The first kappa shape index (κ1) is 13.5. The third-order valence-corrected chi connectivity index (χ3v) is 3.67. The Morgan fingerprint density at radius 2 is 2.00 bits per heavy atom. The van der Waals surface area contributed by atoms with Crippen LogP contribution in [0, 0.1) is 12.7 Å². The summed E-state index contributed by atoms with van der Waals surface area (Å²) in [5.41, 5.74) is 1.51. The number of piperazine rings is 1. The standard InChI is InChI=1S/C14H21FN2O/c1-10-6-11(8-12(15)7-10)14(18)13-9-16(2)4-5-17(13)3/h6-8,13-14,18H,4-5,9H2,1-3H3. The van der Waals surface area contributed by atoms with Crippen LogP contribution in [0.4, 0.5) is 4.39 Å². The summed E-state index contributed by atoms with van der Waals surface area (Å²) >= 11 is 0. The van der Waals surface area contributed by atoms with Gasteiger partial charge >= 0.3 is 0 Å². The first-order valence-electron chi connectivity index (χ1n) is 6.31. The van der Waals surface area contributed by atoms with Gasteiger partial charge in [0.1, 0.15) is 5.82 Å². The van der Waals surface area contributed by atoms with Gasteiger partial charge in [-0.05, 0) is 44.3 Å². The zero-order valence-corrected chi connectivity index (χ0v) is 11.2. The summed E-state index contributed by atoms with van der Waals surface area (Å²) in [7, 11) is 4.05. The quantitative estimate of drug-likeness (QED) is 0.862. The van der Waals surface area contributed by atoms with E-state index >= 15 is 0 Å². The smallest absolute Gasteiger partial charge is 0.123 e. The van der Waals surface area contributed by atoms with Crippen molar-refractivity contribution in [2.75, 3.05) is 33.7 Å². The van der Waals surface area contributed by atoms with Crippen LogP contribution in [0.3, 0.4) is 0 Å². The van der Waals surface area contributed by atoms with E-state index < -0.39 is 6.10 Å². The molecule has 0 spiro atoms. The second kappa shape index (κ2) is 5.34. The number of halogens is 1. The molecule has 1 heterocycles.